The van der Waals surface area contributed by atoms with Crippen LogP contribution in [0.15, 0.2) is 0 Å². The van der Waals surface area contributed by atoms with Gasteiger partial charge < -0.3 is 5.73 Å². The molecule has 124 valence electrons. The van der Waals surface area contributed by atoms with Crippen molar-refractivity contribution in [1.29, 1.82) is 0 Å². The van der Waals surface area contributed by atoms with Crippen LogP contribution in [0.1, 0.15) is 72.1 Å². The molecule has 0 aromatic rings. The van der Waals surface area contributed by atoms with Crippen molar-refractivity contribution in [2.24, 2.45) is 5.73 Å². The van der Waals surface area contributed by atoms with E-state index < -0.39 is 0 Å². The lowest BCUT2D eigenvalue weighted by Crippen LogP contribution is -2.64. The molecule has 2 fully saturated rings. The second-order valence-corrected chi connectivity index (χ2v) is 7.66. The van der Waals surface area contributed by atoms with Gasteiger partial charge in [0.15, 0.2) is 0 Å². The lowest BCUT2D eigenvalue weighted by atomic mass is 9.88. The Hall–Kier alpha value is -0.120. The summed E-state index contributed by atoms with van der Waals surface area (Å²) >= 11 is 0. The molecule has 0 aromatic carbocycles. The maximum atomic E-state index is 6.22. The molecule has 0 aliphatic carbocycles. The molecule has 0 aromatic heterocycles. The molecule has 0 bridgehead atoms. The van der Waals surface area contributed by atoms with Gasteiger partial charge in [-0.05, 0) is 39.7 Å². The molecule has 2 aliphatic rings. The molecule has 0 radical (unpaired) electrons. The summed E-state index contributed by atoms with van der Waals surface area (Å²) in [5.41, 5.74) is 6.43. The first-order valence-electron chi connectivity index (χ1n) is 9.31. The minimum absolute atomic E-state index is 0.209. The normalized spacial score (nSPS) is 30.3. The zero-order valence-corrected chi connectivity index (χ0v) is 14.6. The van der Waals surface area contributed by atoms with Crippen LogP contribution in [0.25, 0.3) is 0 Å². The topological polar surface area (TPSA) is 32.5 Å². The predicted octanol–water partition coefficient (Wildman–Crippen LogP) is 3.23. The van der Waals surface area contributed by atoms with Crippen LogP contribution in [0.2, 0.25) is 0 Å². The van der Waals surface area contributed by atoms with E-state index in [2.05, 4.69) is 30.6 Å². The largest absolute Gasteiger partial charge is 0.329 e. The lowest BCUT2D eigenvalue weighted by molar-refractivity contribution is -0.0173. The van der Waals surface area contributed by atoms with Gasteiger partial charge in [-0.15, -0.1) is 0 Å². The van der Waals surface area contributed by atoms with Crippen molar-refractivity contribution in [3.63, 3.8) is 0 Å². The van der Waals surface area contributed by atoms with E-state index in [0.717, 1.165) is 12.6 Å². The smallest absolute Gasteiger partial charge is 0.0307 e. The molecule has 3 nitrogen and oxygen atoms in total. The van der Waals surface area contributed by atoms with Gasteiger partial charge in [-0.25, -0.2) is 0 Å². The van der Waals surface area contributed by atoms with E-state index in [1.807, 2.05) is 0 Å². The molecule has 0 amide bonds. The van der Waals surface area contributed by atoms with Crippen LogP contribution >= 0.6 is 0 Å². The fraction of sp³-hybridized carbons (Fsp3) is 1.00. The van der Waals surface area contributed by atoms with Crippen molar-refractivity contribution in [3.05, 3.63) is 0 Å². The Bertz CT molecular complexity index is 307. The highest BCUT2D eigenvalue weighted by Gasteiger charge is 2.41. The minimum atomic E-state index is 0.209. The van der Waals surface area contributed by atoms with E-state index in [-0.39, 0.29) is 5.54 Å². The molecule has 3 unspecified atom stereocenters. The van der Waals surface area contributed by atoms with Gasteiger partial charge in [0.1, 0.15) is 0 Å². The second kappa shape index (κ2) is 7.94. The number of hydrogen-bond acceptors (Lipinski definition) is 3. The first-order chi connectivity index (χ1) is 10.1. The van der Waals surface area contributed by atoms with Gasteiger partial charge in [-0.2, -0.15) is 0 Å². The Labute approximate surface area is 132 Å². The monoisotopic (exact) mass is 295 g/mol. The molecule has 3 atom stereocenters. The van der Waals surface area contributed by atoms with Crippen molar-refractivity contribution >= 4 is 0 Å². The van der Waals surface area contributed by atoms with Gasteiger partial charge in [-0.3, -0.25) is 9.80 Å². The first kappa shape index (κ1) is 17.2. The molecule has 3 heteroatoms. The molecular weight excluding hydrogens is 258 g/mol. The predicted molar refractivity (Wildman–Crippen MR) is 91.6 cm³/mol. The van der Waals surface area contributed by atoms with Crippen LogP contribution in [-0.2, 0) is 0 Å². The standard InChI is InChI=1S/C18H37N3/c1-4-5-6-7-8-11-18(3,15-19)21-14-17-10-9-12-20(17)13-16(21)2/h16-17H,4-15,19H2,1-3H3. The Balaban J connectivity index is 1.88. The summed E-state index contributed by atoms with van der Waals surface area (Å²) < 4.78 is 0. The van der Waals surface area contributed by atoms with Crippen molar-refractivity contribution < 1.29 is 0 Å². The highest BCUT2D eigenvalue weighted by atomic mass is 15.3. The fourth-order valence-electron chi connectivity index (χ4n) is 4.41. The van der Waals surface area contributed by atoms with E-state index in [0.29, 0.717) is 6.04 Å². The molecule has 0 saturated carbocycles. The summed E-state index contributed by atoms with van der Waals surface area (Å²) in [6, 6.07) is 1.45. The van der Waals surface area contributed by atoms with Crippen LogP contribution in [0.4, 0.5) is 0 Å². The average Bonchev–Trinajstić information content (AvgIpc) is 2.93. The molecule has 2 N–H and O–H groups in total. The van der Waals surface area contributed by atoms with Crippen LogP contribution in [0.5, 0.6) is 0 Å². The summed E-state index contributed by atoms with van der Waals surface area (Å²) in [5.74, 6) is 0. The SMILES string of the molecule is CCCCCCCC(C)(CN)N1CC2CCCN2CC1C. The van der Waals surface area contributed by atoms with Crippen LogP contribution in [0.3, 0.4) is 0 Å². The summed E-state index contributed by atoms with van der Waals surface area (Å²) in [4.78, 5) is 5.46. The van der Waals surface area contributed by atoms with Gasteiger partial charge >= 0.3 is 0 Å². The van der Waals surface area contributed by atoms with Crippen molar-refractivity contribution in [3.8, 4) is 0 Å². The van der Waals surface area contributed by atoms with Gasteiger partial charge in [0.25, 0.3) is 0 Å². The number of nitrogens with zero attached hydrogens (tertiary/aromatic N) is 2. The highest BCUT2D eigenvalue weighted by molar-refractivity contribution is 4.98. The second-order valence-electron chi connectivity index (χ2n) is 7.66. The molecule has 0 spiro atoms. The van der Waals surface area contributed by atoms with Crippen LogP contribution in [-0.4, -0.2) is 53.6 Å². The maximum Gasteiger partial charge on any atom is 0.0307 e. The van der Waals surface area contributed by atoms with Gasteiger partial charge in [0, 0.05) is 37.3 Å². The highest BCUT2D eigenvalue weighted by Crippen LogP contribution is 2.32. The molecule has 2 aliphatic heterocycles. The number of fused-ring (bicyclic) bond motifs is 1. The third-order valence-corrected chi connectivity index (χ3v) is 5.89. The number of piperazine rings is 1. The fourth-order valence-corrected chi connectivity index (χ4v) is 4.41. The minimum Gasteiger partial charge on any atom is -0.329 e. The zero-order chi connectivity index (χ0) is 15.3. The summed E-state index contributed by atoms with van der Waals surface area (Å²) in [6.07, 6.45) is 10.9. The van der Waals surface area contributed by atoms with Gasteiger partial charge in [0.05, 0.1) is 0 Å². The molecular formula is C18H37N3. The van der Waals surface area contributed by atoms with E-state index in [4.69, 9.17) is 5.73 Å². The Kier molecular flexibility index (Phi) is 6.51. The van der Waals surface area contributed by atoms with Gasteiger partial charge in [-0.1, -0.05) is 39.0 Å². The Morgan fingerprint density at radius 3 is 2.62 bits per heavy atom. The van der Waals surface area contributed by atoms with Crippen molar-refractivity contribution in [1.82, 2.24) is 9.80 Å². The van der Waals surface area contributed by atoms with Crippen LogP contribution < -0.4 is 5.73 Å². The molecule has 2 rings (SSSR count). The molecule has 21 heavy (non-hydrogen) atoms. The van der Waals surface area contributed by atoms with Crippen LogP contribution in [0, 0.1) is 0 Å². The summed E-state index contributed by atoms with van der Waals surface area (Å²) in [5, 5.41) is 0. The number of rotatable bonds is 8. The summed E-state index contributed by atoms with van der Waals surface area (Å²) in [7, 11) is 0. The number of nitrogens with two attached hydrogens (primary N) is 1. The Morgan fingerprint density at radius 1 is 1.14 bits per heavy atom. The maximum absolute atomic E-state index is 6.22. The lowest BCUT2D eigenvalue weighted by Gasteiger charge is -2.51. The molecule has 2 saturated heterocycles. The van der Waals surface area contributed by atoms with Gasteiger partial charge in [0.2, 0.25) is 0 Å². The zero-order valence-electron chi connectivity index (χ0n) is 14.6. The van der Waals surface area contributed by atoms with E-state index in [9.17, 15) is 0 Å². The third kappa shape index (κ3) is 4.20. The first-order valence-corrected chi connectivity index (χ1v) is 9.31. The average molecular weight is 296 g/mol. The van der Waals surface area contributed by atoms with E-state index in [1.165, 1.54) is 71.0 Å². The quantitative estimate of drug-likeness (QED) is 0.698. The van der Waals surface area contributed by atoms with E-state index >= 15 is 0 Å². The molecule has 2 heterocycles. The van der Waals surface area contributed by atoms with Crippen molar-refractivity contribution in [2.45, 2.75) is 89.8 Å². The van der Waals surface area contributed by atoms with Crippen molar-refractivity contribution in [2.75, 3.05) is 26.2 Å². The summed E-state index contributed by atoms with van der Waals surface area (Å²) in [6.45, 7) is 11.7. The third-order valence-electron chi connectivity index (χ3n) is 5.89. The number of unbranched alkanes of at least 4 members (excludes halogenated alkanes) is 4. The van der Waals surface area contributed by atoms with E-state index in [1.54, 1.807) is 0 Å². The Morgan fingerprint density at radius 2 is 1.90 bits per heavy atom. The number of hydrogen-bond donors (Lipinski definition) is 1.